The minimum Gasteiger partial charge on any atom is -0.483 e. The fourth-order valence-corrected chi connectivity index (χ4v) is 2.93. The zero-order chi connectivity index (χ0) is 18.0. The number of para-hydroxylation sites is 1. The van der Waals surface area contributed by atoms with Gasteiger partial charge < -0.3 is 14.4 Å². The van der Waals surface area contributed by atoms with Gasteiger partial charge in [0.25, 0.3) is 6.47 Å². The Balaban J connectivity index is 0.000000569. The van der Waals surface area contributed by atoms with E-state index in [1.165, 1.54) is 0 Å². The molecule has 1 fully saturated rings. The van der Waals surface area contributed by atoms with Crippen LogP contribution in [0.4, 0.5) is 14.6 Å². The normalized spacial score (nSPS) is 14.6. The lowest BCUT2D eigenvalue weighted by Crippen LogP contribution is -2.21. The first-order chi connectivity index (χ1) is 12.0. The average molecular weight is 370 g/mol. The van der Waals surface area contributed by atoms with Gasteiger partial charge in [-0.25, -0.2) is 9.97 Å². The Kier molecular flexibility index (Phi) is 4.71. The number of anilines is 1. The first-order valence-corrected chi connectivity index (χ1v) is 7.92. The van der Waals surface area contributed by atoms with E-state index in [4.69, 9.17) is 25.9 Å². The number of hydrogen-bond donors (Lipinski definition) is 1. The fourth-order valence-electron chi connectivity index (χ4n) is 2.85. The molecule has 1 aliphatic heterocycles. The van der Waals surface area contributed by atoms with Gasteiger partial charge >= 0.3 is 5.38 Å². The third-order valence-electron chi connectivity index (χ3n) is 3.86. The molecule has 1 aromatic carbocycles. The van der Waals surface area contributed by atoms with Gasteiger partial charge in [0.15, 0.2) is 11.4 Å². The molecule has 0 spiro atoms. The zero-order valence-corrected chi connectivity index (χ0v) is 13.7. The second-order valence-corrected chi connectivity index (χ2v) is 5.92. The first kappa shape index (κ1) is 17.3. The fraction of sp³-hybridized carbons (Fsp3) is 0.312. The predicted octanol–water partition coefficient (Wildman–Crippen LogP) is 3.97. The second kappa shape index (κ2) is 6.79. The number of alkyl halides is 3. The highest BCUT2D eigenvalue weighted by molar-refractivity contribution is 6.21. The van der Waals surface area contributed by atoms with Crippen molar-refractivity contribution in [3.8, 4) is 0 Å². The molecule has 0 aliphatic carbocycles. The first-order valence-electron chi connectivity index (χ1n) is 7.55. The number of hydrogen-bond acceptors (Lipinski definition) is 5. The highest BCUT2D eigenvalue weighted by atomic mass is 35.5. The molecular formula is C16H14ClF2N3O3. The number of carboxylic acid groups (broad SMARTS) is 1. The Morgan fingerprint density at radius 2 is 1.88 bits per heavy atom. The maximum absolute atomic E-state index is 13.5. The van der Waals surface area contributed by atoms with Crippen LogP contribution in [0.2, 0.25) is 0 Å². The van der Waals surface area contributed by atoms with Crippen LogP contribution in [0.5, 0.6) is 0 Å². The lowest BCUT2D eigenvalue weighted by atomic mass is 10.2. The summed E-state index contributed by atoms with van der Waals surface area (Å²) in [4.78, 5) is 18.2. The van der Waals surface area contributed by atoms with E-state index >= 15 is 0 Å². The molecular weight excluding hydrogens is 356 g/mol. The molecule has 9 heteroatoms. The van der Waals surface area contributed by atoms with Crippen LogP contribution in [0, 0.1) is 0 Å². The van der Waals surface area contributed by atoms with Crippen LogP contribution >= 0.6 is 11.6 Å². The summed E-state index contributed by atoms with van der Waals surface area (Å²) in [6.45, 7) is 1.27. The van der Waals surface area contributed by atoms with Gasteiger partial charge in [0, 0.05) is 18.5 Å². The SMILES string of the molecule is FC(F)(Cl)c1nc(N2CCCC2)c2oc3ccccc3c2n1.O=CO. The van der Waals surface area contributed by atoms with Crippen molar-refractivity contribution in [1.82, 2.24) is 9.97 Å². The van der Waals surface area contributed by atoms with Crippen molar-refractivity contribution in [3.63, 3.8) is 0 Å². The Labute approximate surface area is 146 Å². The van der Waals surface area contributed by atoms with Crippen LogP contribution in [-0.4, -0.2) is 34.6 Å². The quantitative estimate of drug-likeness (QED) is 0.544. The number of halogens is 3. The van der Waals surface area contributed by atoms with E-state index in [0.717, 1.165) is 25.9 Å². The summed E-state index contributed by atoms with van der Waals surface area (Å²) in [7, 11) is 0. The monoisotopic (exact) mass is 369 g/mol. The Bertz CT molecular complexity index is 905. The molecule has 6 nitrogen and oxygen atoms in total. The smallest absolute Gasteiger partial charge is 0.381 e. The summed E-state index contributed by atoms with van der Waals surface area (Å²) >= 11 is 5.15. The third kappa shape index (κ3) is 3.34. The van der Waals surface area contributed by atoms with E-state index in [1.54, 1.807) is 12.1 Å². The van der Waals surface area contributed by atoms with Gasteiger partial charge in [0.2, 0.25) is 5.82 Å². The van der Waals surface area contributed by atoms with Gasteiger partial charge in [-0.1, -0.05) is 12.1 Å². The summed E-state index contributed by atoms with van der Waals surface area (Å²) in [5, 5.41) is 3.96. The van der Waals surface area contributed by atoms with Gasteiger partial charge in [-0.05, 0) is 36.6 Å². The molecule has 1 saturated heterocycles. The van der Waals surface area contributed by atoms with Crippen LogP contribution in [-0.2, 0) is 10.2 Å². The third-order valence-corrected chi connectivity index (χ3v) is 4.03. The van der Waals surface area contributed by atoms with Crippen LogP contribution in [0.25, 0.3) is 22.1 Å². The average Bonchev–Trinajstić information content (AvgIpc) is 3.21. The molecule has 0 saturated carbocycles. The maximum Gasteiger partial charge on any atom is 0.381 e. The number of nitrogens with zero attached hydrogens (tertiary/aromatic N) is 3. The highest BCUT2D eigenvalue weighted by Gasteiger charge is 2.35. The minimum absolute atomic E-state index is 0.250. The number of benzene rings is 1. The van der Waals surface area contributed by atoms with E-state index in [1.807, 2.05) is 17.0 Å². The molecule has 1 aliphatic rings. The molecule has 3 aromatic rings. The summed E-state index contributed by atoms with van der Waals surface area (Å²) in [6.07, 6.45) is 2.00. The highest BCUT2D eigenvalue weighted by Crippen LogP contribution is 2.38. The molecule has 25 heavy (non-hydrogen) atoms. The molecule has 4 rings (SSSR count). The van der Waals surface area contributed by atoms with Crippen molar-refractivity contribution >= 4 is 46.0 Å². The van der Waals surface area contributed by atoms with Crippen molar-refractivity contribution in [2.24, 2.45) is 0 Å². The van der Waals surface area contributed by atoms with Crippen molar-refractivity contribution in [2.75, 3.05) is 18.0 Å². The van der Waals surface area contributed by atoms with Crippen molar-refractivity contribution < 1.29 is 23.1 Å². The standard InChI is InChI=1S/C15H12ClF2N3O.CH2O2/c16-15(17,18)14-19-11-9-5-1-2-6-10(9)22-12(11)13(20-14)21-7-3-4-8-21;2-1-3/h1-2,5-6H,3-4,7-8H2;1H,(H,2,3). The van der Waals surface area contributed by atoms with Gasteiger partial charge in [-0.3, -0.25) is 4.79 Å². The lowest BCUT2D eigenvalue weighted by Gasteiger charge is -2.17. The van der Waals surface area contributed by atoms with Gasteiger partial charge in [0.1, 0.15) is 11.1 Å². The van der Waals surface area contributed by atoms with Crippen LogP contribution < -0.4 is 4.90 Å². The zero-order valence-electron chi connectivity index (χ0n) is 13.0. The molecule has 132 valence electrons. The Morgan fingerprint density at radius 1 is 1.24 bits per heavy atom. The van der Waals surface area contributed by atoms with Crippen molar-refractivity contribution in [3.05, 3.63) is 30.1 Å². The Morgan fingerprint density at radius 3 is 2.52 bits per heavy atom. The summed E-state index contributed by atoms with van der Waals surface area (Å²) in [6, 6.07) is 7.21. The molecule has 0 amide bonds. The van der Waals surface area contributed by atoms with E-state index < -0.39 is 11.2 Å². The molecule has 2 aromatic heterocycles. The van der Waals surface area contributed by atoms with Crippen molar-refractivity contribution in [2.45, 2.75) is 18.2 Å². The number of fused-ring (bicyclic) bond motifs is 3. The molecule has 0 unspecified atom stereocenters. The van der Waals surface area contributed by atoms with Crippen LogP contribution in [0.3, 0.4) is 0 Å². The maximum atomic E-state index is 13.5. The van der Waals surface area contributed by atoms with Gasteiger partial charge in [-0.15, -0.1) is 0 Å². The Hall–Kier alpha value is -2.48. The van der Waals surface area contributed by atoms with Crippen LogP contribution in [0.15, 0.2) is 28.7 Å². The van der Waals surface area contributed by atoms with Crippen molar-refractivity contribution in [1.29, 1.82) is 0 Å². The second-order valence-electron chi connectivity index (χ2n) is 5.44. The topological polar surface area (TPSA) is 79.5 Å². The molecule has 1 N–H and O–H groups in total. The number of rotatable bonds is 2. The van der Waals surface area contributed by atoms with Gasteiger partial charge in [0.05, 0.1) is 0 Å². The van der Waals surface area contributed by atoms with E-state index in [-0.39, 0.29) is 6.47 Å². The number of carbonyl (C=O) groups is 1. The van der Waals surface area contributed by atoms with Crippen LogP contribution in [0.1, 0.15) is 18.7 Å². The van der Waals surface area contributed by atoms with E-state index in [2.05, 4.69) is 9.97 Å². The van der Waals surface area contributed by atoms with Gasteiger partial charge in [-0.2, -0.15) is 8.78 Å². The molecule has 0 atom stereocenters. The largest absolute Gasteiger partial charge is 0.483 e. The predicted molar refractivity (Wildman–Crippen MR) is 89.2 cm³/mol. The minimum atomic E-state index is -3.61. The molecule has 0 bridgehead atoms. The van der Waals surface area contributed by atoms with E-state index in [0.29, 0.717) is 27.9 Å². The molecule has 0 radical (unpaired) electrons. The summed E-state index contributed by atoms with van der Waals surface area (Å²) in [5.41, 5.74) is 1.41. The summed E-state index contributed by atoms with van der Waals surface area (Å²) in [5.74, 6) is -0.288. The van der Waals surface area contributed by atoms with E-state index in [9.17, 15) is 8.78 Å². The summed E-state index contributed by atoms with van der Waals surface area (Å²) < 4.78 is 32.9. The number of aromatic nitrogens is 2. The molecule has 3 heterocycles. The lowest BCUT2D eigenvalue weighted by molar-refractivity contribution is -0.122. The number of furan rings is 1.